The summed E-state index contributed by atoms with van der Waals surface area (Å²) < 4.78 is 5.13. The molecule has 2 rings (SSSR count). The summed E-state index contributed by atoms with van der Waals surface area (Å²) in [7, 11) is 3.25. The zero-order chi connectivity index (χ0) is 22.8. The first-order valence-electron chi connectivity index (χ1n) is 10.2. The van der Waals surface area contributed by atoms with Crippen molar-refractivity contribution in [2.45, 2.75) is 13.8 Å². The van der Waals surface area contributed by atoms with Crippen LogP contribution >= 0.6 is 0 Å². The molecule has 31 heavy (non-hydrogen) atoms. The van der Waals surface area contributed by atoms with Crippen molar-refractivity contribution in [3.63, 3.8) is 0 Å². The molecule has 0 radical (unpaired) electrons. The molecule has 2 N–H and O–H groups in total. The van der Waals surface area contributed by atoms with Crippen LogP contribution in [-0.2, 0) is 9.59 Å². The van der Waals surface area contributed by atoms with E-state index in [2.05, 4.69) is 10.6 Å². The molecule has 8 heteroatoms. The van der Waals surface area contributed by atoms with Gasteiger partial charge in [-0.15, -0.1) is 0 Å². The second-order valence-corrected chi connectivity index (χ2v) is 7.06. The molecule has 8 nitrogen and oxygen atoms in total. The third-order valence-electron chi connectivity index (χ3n) is 4.65. The first-order valence-corrected chi connectivity index (χ1v) is 10.2. The van der Waals surface area contributed by atoms with E-state index in [4.69, 9.17) is 4.74 Å². The van der Waals surface area contributed by atoms with Crippen molar-refractivity contribution in [1.82, 2.24) is 9.80 Å². The minimum absolute atomic E-state index is 0.0374. The molecule has 0 spiro atoms. The van der Waals surface area contributed by atoms with E-state index in [1.54, 1.807) is 72.5 Å². The van der Waals surface area contributed by atoms with Crippen LogP contribution in [0.4, 0.5) is 11.4 Å². The number of rotatable bonds is 10. The molecule has 0 unspecified atom stereocenters. The summed E-state index contributed by atoms with van der Waals surface area (Å²) in [6, 6.07) is 13.9. The lowest BCUT2D eigenvalue weighted by Crippen LogP contribution is -2.36. The van der Waals surface area contributed by atoms with Gasteiger partial charge < -0.3 is 20.3 Å². The largest absolute Gasteiger partial charge is 0.497 e. The van der Waals surface area contributed by atoms with Crippen LogP contribution in [0.25, 0.3) is 0 Å². The van der Waals surface area contributed by atoms with Crippen molar-refractivity contribution in [3.05, 3.63) is 54.1 Å². The molecule has 0 aliphatic heterocycles. The summed E-state index contributed by atoms with van der Waals surface area (Å²) in [6.07, 6.45) is 0. The zero-order valence-corrected chi connectivity index (χ0v) is 18.5. The highest BCUT2D eigenvalue weighted by Crippen LogP contribution is 2.16. The Kier molecular flexibility index (Phi) is 9.02. The molecule has 0 aliphatic rings. The van der Waals surface area contributed by atoms with E-state index in [0.29, 0.717) is 35.8 Å². The predicted molar refractivity (Wildman–Crippen MR) is 121 cm³/mol. The van der Waals surface area contributed by atoms with Gasteiger partial charge in [0, 0.05) is 36.1 Å². The van der Waals surface area contributed by atoms with Gasteiger partial charge in [-0.25, -0.2) is 0 Å². The van der Waals surface area contributed by atoms with Crippen molar-refractivity contribution < 1.29 is 19.1 Å². The highest BCUT2D eigenvalue weighted by Gasteiger charge is 2.14. The molecule has 0 atom stereocenters. The Hall–Kier alpha value is -3.39. The number of likely N-dealkylation sites (N-methyl/N-ethyl adjacent to an activating group) is 1. The normalized spacial score (nSPS) is 10.5. The third kappa shape index (κ3) is 7.42. The van der Waals surface area contributed by atoms with E-state index in [1.165, 1.54) is 0 Å². The fourth-order valence-corrected chi connectivity index (χ4v) is 3.04. The Morgan fingerprint density at radius 2 is 1.45 bits per heavy atom. The van der Waals surface area contributed by atoms with Crippen molar-refractivity contribution >= 4 is 29.1 Å². The summed E-state index contributed by atoms with van der Waals surface area (Å²) in [5.41, 5.74) is 1.80. The predicted octanol–water partition coefficient (Wildman–Crippen LogP) is 2.69. The first kappa shape index (κ1) is 23.9. The van der Waals surface area contributed by atoms with Gasteiger partial charge in [0.15, 0.2) is 0 Å². The number of benzene rings is 2. The van der Waals surface area contributed by atoms with Crippen LogP contribution in [0.2, 0.25) is 0 Å². The van der Waals surface area contributed by atoms with Gasteiger partial charge >= 0.3 is 0 Å². The topological polar surface area (TPSA) is 91.0 Å². The van der Waals surface area contributed by atoms with Crippen LogP contribution in [0, 0.1) is 0 Å². The second-order valence-electron chi connectivity index (χ2n) is 7.06. The number of nitrogens with one attached hydrogen (secondary N) is 2. The molecule has 2 aromatic rings. The molecule has 0 bridgehead atoms. The molecule has 0 saturated carbocycles. The average molecular weight is 427 g/mol. The number of hydrogen-bond donors (Lipinski definition) is 2. The number of nitrogens with zero attached hydrogens (tertiary/aromatic N) is 2. The van der Waals surface area contributed by atoms with Crippen LogP contribution in [0.1, 0.15) is 24.2 Å². The number of hydrogen-bond acceptors (Lipinski definition) is 5. The molecule has 0 saturated heterocycles. The summed E-state index contributed by atoms with van der Waals surface area (Å²) in [6.45, 7) is 5.26. The van der Waals surface area contributed by atoms with Gasteiger partial charge in [0.1, 0.15) is 5.75 Å². The average Bonchev–Trinajstić information content (AvgIpc) is 2.74. The van der Waals surface area contributed by atoms with E-state index in [0.717, 1.165) is 0 Å². The van der Waals surface area contributed by atoms with E-state index >= 15 is 0 Å². The minimum atomic E-state index is -0.250. The summed E-state index contributed by atoms with van der Waals surface area (Å²) >= 11 is 0. The number of methoxy groups -OCH3 is 1. The van der Waals surface area contributed by atoms with Gasteiger partial charge in [-0.05, 0) is 57.3 Å². The maximum Gasteiger partial charge on any atom is 0.253 e. The zero-order valence-electron chi connectivity index (χ0n) is 18.5. The van der Waals surface area contributed by atoms with Gasteiger partial charge in [-0.2, -0.15) is 0 Å². The van der Waals surface area contributed by atoms with Gasteiger partial charge in [0.25, 0.3) is 5.91 Å². The van der Waals surface area contributed by atoms with Crippen LogP contribution in [0.15, 0.2) is 48.5 Å². The van der Waals surface area contributed by atoms with Crippen molar-refractivity contribution in [3.8, 4) is 5.75 Å². The Morgan fingerprint density at radius 3 is 2.00 bits per heavy atom. The molecule has 2 aromatic carbocycles. The lowest BCUT2D eigenvalue weighted by Gasteiger charge is -2.19. The molecule has 0 fully saturated rings. The first-order chi connectivity index (χ1) is 14.9. The molecule has 0 heterocycles. The molecular weight excluding hydrogens is 396 g/mol. The quantitative estimate of drug-likeness (QED) is 0.610. The van der Waals surface area contributed by atoms with Crippen LogP contribution in [0.5, 0.6) is 5.75 Å². The van der Waals surface area contributed by atoms with Crippen molar-refractivity contribution in [1.29, 1.82) is 0 Å². The Labute approximate surface area is 183 Å². The lowest BCUT2D eigenvalue weighted by atomic mass is 10.1. The van der Waals surface area contributed by atoms with E-state index in [-0.39, 0.29) is 30.8 Å². The molecule has 166 valence electrons. The SMILES string of the molecule is CCN(CC)C(=O)c1ccc(NC(=O)CN(C)CC(=O)Nc2cccc(OC)c2)cc1. The Balaban J connectivity index is 1.83. The van der Waals surface area contributed by atoms with Crippen molar-refractivity contribution in [2.75, 3.05) is 51.0 Å². The highest BCUT2D eigenvalue weighted by atomic mass is 16.5. The number of amides is 3. The minimum Gasteiger partial charge on any atom is -0.497 e. The standard InChI is InChI=1S/C23H30N4O4/c1-5-27(6-2)23(30)17-10-12-18(13-11-17)24-21(28)15-26(3)16-22(29)25-19-8-7-9-20(14-19)31-4/h7-14H,5-6,15-16H2,1-4H3,(H,24,28)(H,25,29). The molecule has 0 aromatic heterocycles. The van der Waals surface area contributed by atoms with E-state index < -0.39 is 0 Å². The third-order valence-corrected chi connectivity index (χ3v) is 4.65. The lowest BCUT2D eigenvalue weighted by molar-refractivity contribution is -0.119. The van der Waals surface area contributed by atoms with Crippen LogP contribution in [0.3, 0.4) is 0 Å². The fourth-order valence-electron chi connectivity index (χ4n) is 3.04. The van der Waals surface area contributed by atoms with Gasteiger partial charge in [0.05, 0.1) is 20.2 Å². The molecular formula is C23H30N4O4. The summed E-state index contributed by atoms with van der Waals surface area (Å²) in [4.78, 5) is 40.2. The molecule has 0 aliphatic carbocycles. The fraction of sp³-hybridized carbons (Fsp3) is 0.348. The van der Waals surface area contributed by atoms with E-state index in [1.807, 2.05) is 13.8 Å². The Morgan fingerprint density at radius 1 is 0.871 bits per heavy atom. The van der Waals surface area contributed by atoms with Gasteiger partial charge in [-0.3, -0.25) is 19.3 Å². The summed E-state index contributed by atoms with van der Waals surface area (Å²) in [5.74, 6) is 0.127. The second kappa shape index (κ2) is 11.7. The maximum atomic E-state index is 12.3. The number of carbonyl (C=O) groups excluding carboxylic acids is 3. The molecule has 3 amide bonds. The smallest absolute Gasteiger partial charge is 0.253 e. The van der Waals surface area contributed by atoms with E-state index in [9.17, 15) is 14.4 Å². The van der Waals surface area contributed by atoms with Gasteiger partial charge in [0.2, 0.25) is 11.8 Å². The van der Waals surface area contributed by atoms with Crippen LogP contribution in [-0.4, -0.2) is 67.9 Å². The highest BCUT2D eigenvalue weighted by molar-refractivity contribution is 5.96. The number of carbonyl (C=O) groups is 3. The number of ether oxygens (including phenoxy) is 1. The van der Waals surface area contributed by atoms with Gasteiger partial charge in [-0.1, -0.05) is 6.07 Å². The van der Waals surface area contributed by atoms with Crippen LogP contribution < -0.4 is 15.4 Å². The summed E-state index contributed by atoms with van der Waals surface area (Å²) in [5, 5.41) is 5.56. The monoisotopic (exact) mass is 426 g/mol. The number of anilines is 2. The Bertz CT molecular complexity index is 895. The van der Waals surface area contributed by atoms with Crippen molar-refractivity contribution in [2.24, 2.45) is 0 Å². The maximum absolute atomic E-state index is 12.3.